The highest BCUT2D eigenvalue weighted by Gasteiger charge is 2.20. The fraction of sp³-hybridized carbons (Fsp3) is 0.214. The van der Waals surface area contributed by atoms with Crippen molar-refractivity contribution in [2.45, 2.75) is 25.2 Å². The average Bonchev–Trinajstić information content (AvgIpc) is 2.28. The second-order valence-corrected chi connectivity index (χ2v) is 6.22. The first-order valence-corrected chi connectivity index (χ1v) is 6.96. The topological polar surface area (TPSA) is 51.2 Å². The van der Waals surface area contributed by atoms with E-state index in [0.29, 0.717) is 11.9 Å². The highest BCUT2D eigenvalue weighted by Crippen LogP contribution is 2.24. The highest BCUT2D eigenvalue weighted by molar-refractivity contribution is 7.95. The minimum Gasteiger partial charge on any atom is -0.299 e. The predicted octanol–water partition coefficient (Wildman–Crippen LogP) is 2.82. The fourth-order valence-electron chi connectivity index (χ4n) is 1.49. The molecule has 0 N–H and O–H groups in total. The van der Waals surface area contributed by atoms with Crippen molar-refractivity contribution in [2.24, 2.45) is 0 Å². The second kappa shape index (κ2) is 5.78. The van der Waals surface area contributed by atoms with Crippen molar-refractivity contribution in [3.8, 4) is 0 Å². The van der Waals surface area contributed by atoms with Crippen molar-refractivity contribution in [3.05, 3.63) is 53.0 Å². The van der Waals surface area contributed by atoms with Crippen LogP contribution in [0, 0.1) is 6.92 Å². The number of aldehydes is 1. The number of rotatable bonds is 5. The van der Waals surface area contributed by atoms with E-state index < -0.39 is 9.84 Å². The lowest BCUT2D eigenvalue weighted by Crippen LogP contribution is -2.06. The molecular formula is C14H16O3S. The van der Waals surface area contributed by atoms with Crippen molar-refractivity contribution < 1.29 is 13.2 Å². The van der Waals surface area contributed by atoms with E-state index in [-0.39, 0.29) is 16.2 Å². The number of carbonyl (C=O) groups is 1. The maximum atomic E-state index is 12.3. The monoisotopic (exact) mass is 264 g/mol. The third-order valence-corrected chi connectivity index (χ3v) is 4.27. The first kappa shape index (κ1) is 14.4. The molecule has 0 spiro atoms. The zero-order valence-electron chi connectivity index (χ0n) is 10.5. The first-order valence-electron chi connectivity index (χ1n) is 5.48. The third kappa shape index (κ3) is 3.40. The van der Waals surface area contributed by atoms with Crippen LogP contribution in [0.2, 0.25) is 0 Å². The van der Waals surface area contributed by atoms with Gasteiger partial charge in [-0.1, -0.05) is 29.8 Å². The Morgan fingerprint density at radius 1 is 1.28 bits per heavy atom. The first-order chi connectivity index (χ1) is 8.37. The van der Waals surface area contributed by atoms with Gasteiger partial charge < -0.3 is 0 Å². The standard InChI is InChI=1S/C14H16O3S/c1-11(2)10-14(8-9-15)18(16,17)13-6-4-12(3)5-7-13/h4-9H,1,10H2,2-3H3/b14-8+. The summed E-state index contributed by atoms with van der Waals surface area (Å²) < 4.78 is 24.6. The van der Waals surface area contributed by atoms with Gasteiger partial charge in [-0.15, -0.1) is 0 Å². The van der Waals surface area contributed by atoms with Crippen molar-refractivity contribution in [1.29, 1.82) is 0 Å². The molecular weight excluding hydrogens is 248 g/mol. The van der Waals surface area contributed by atoms with Crippen LogP contribution in [-0.2, 0) is 14.6 Å². The molecule has 0 bridgehead atoms. The summed E-state index contributed by atoms with van der Waals surface area (Å²) in [7, 11) is -3.61. The van der Waals surface area contributed by atoms with Crippen LogP contribution >= 0.6 is 0 Å². The van der Waals surface area contributed by atoms with Gasteiger partial charge in [0.15, 0.2) is 0 Å². The van der Waals surface area contributed by atoms with Gasteiger partial charge in [0.2, 0.25) is 9.84 Å². The average molecular weight is 264 g/mol. The van der Waals surface area contributed by atoms with E-state index in [1.807, 2.05) is 6.92 Å². The number of aryl methyl sites for hydroxylation is 1. The van der Waals surface area contributed by atoms with E-state index >= 15 is 0 Å². The van der Waals surface area contributed by atoms with Crippen LogP contribution < -0.4 is 0 Å². The molecule has 18 heavy (non-hydrogen) atoms. The van der Waals surface area contributed by atoms with Crippen LogP contribution in [0.25, 0.3) is 0 Å². The van der Waals surface area contributed by atoms with Crippen molar-refractivity contribution in [2.75, 3.05) is 0 Å². The van der Waals surface area contributed by atoms with Gasteiger partial charge in [0.25, 0.3) is 0 Å². The molecule has 3 nitrogen and oxygen atoms in total. The highest BCUT2D eigenvalue weighted by atomic mass is 32.2. The van der Waals surface area contributed by atoms with E-state index in [4.69, 9.17) is 0 Å². The fourth-order valence-corrected chi connectivity index (χ4v) is 2.95. The molecule has 0 aromatic heterocycles. The van der Waals surface area contributed by atoms with Gasteiger partial charge in [0, 0.05) is 6.42 Å². The van der Waals surface area contributed by atoms with Gasteiger partial charge >= 0.3 is 0 Å². The Kier molecular flexibility index (Phi) is 4.62. The number of sulfone groups is 1. The summed E-state index contributed by atoms with van der Waals surface area (Å²) in [5, 5.41) is 0. The Bertz CT molecular complexity index is 578. The van der Waals surface area contributed by atoms with E-state index in [2.05, 4.69) is 6.58 Å². The molecule has 0 radical (unpaired) electrons. The number of hydrogen-bond acceptors (Lipinski definition) is 3. The molecule has 0 heterocycles. The number of hydrogen-bond donors (Lipinski definition) is 0. The summed E-state index contributed by atoms with van der Waals surface area (Å²) in [6, 6.07) is 6.54. The van der Waals surface area contributed by atoms with Crippen LogP contribution in [0.3, 0.4) is 0 Å². The van der Waals surface area contributed by atoms with Crippen LogP contribution in [0.1, 0.15) is 18.9 Å². The maximum absolute atomic E-state index is 12.3. The predicted molar refractivity (Wildman–Crippen MR) is 71.9 cm³/mol. The Labute approximate surface area is 108 Å². The Hall–Kier alpha value is -1.68. The quantitative estimate of drug-likeness (QED) is 0.467. The van der Waals surface area contributed by atoms with E-state index in [9.17, 15) is 13.2 Å². The summed E-state index contributed by atoms with van der Waals surface area (Å²) in [5.74, 6) is 0. The molecule has 0 aliphatic carbocycles. The van der Waals surface area contributed by atoms with Crippen LogP contribution in [-0.4, -0.2) is 14.7 Å². The molecule has 1 aromatic carbocycles. The molecule has 0 aliphatic rings. The minimum absolute atomic E-state index is 0.0776. The minimum atomic E-state index is -3.61. The zero-order chi connectivity index (χ0) is 13.8. The van der Waals surface area contributed by atoms with E-state index in [1.165, 1.54) is 0 Å². The molecule has 0 unspecified atom stereocenters. The Morgan fingerprint density at radius 2 is 1.83 bits per heavy atom. The zero-order valence-corrected chi connectivity index (χ0v) is 11.3. The molecule has 0 saturated heterocycles. The van der Waals surface area contributed by atoms with Gasteiger partial charge in [0.1, 0.15) is 6.29 Å². The molecule has 0 atom stereocenters. The molecule has 0 amide bonds. The largest absolute Gasteiger partial charge is 0.299 e. The van der Waals surface area contributed by atoms with Crippen molar-refractivity contribution in [3.63, 3.8) is 0 Å². The smallest absolute Gasteiger partial charge is 0.203 e. The lowest BCUT2D eigenvalue weighted by atomic mass is 10.2. The number of benzene rings is 1. The van der Waals surface area contributed by atoms with Gasteiger partial charge in [-0.2, -0.15) is 0 Å². The van der Waals surface area contributed by atoms with Crippen molar-refractivity contribution in [1.82, 2.24) is 0 Å². The van der Waals surface area contributed by atoms with E-state index in [0.717, 1.165) is 11.6 Å². The summed E-state index contributed by atoms with van der Waals surface area (Å²) in [6.07, 6.45) is 1.75. The maximum Gasteiger partial charge on any atom is 0.203 e. The molecule has 4 heteroatoms. The SMILES string of the molecule is C=C(C)C/C(=C\C=O)S(=O)(=O)c1ccc(C)cc1. The van der Waals surface area contributed by atoms with Gasteiger partial charge in [-0.3, -0.25) is 4.79 Å². The second-order valence-electron chi connectivity index (χ2n) is 4.22. The molecule has 1 aromatic rings. The molecule has 0 saturated carbocycles. The van der Waals surface area contributed by atoms with Crippen LogP contribution in [0.5, 0.6) is 0 Å². The molecule has 1 rings (SSSR count). The van der Waals surface area contributed by atoms with Crippen LogP contribution in [0.15, 0.2) is 52.3 Å². The Morgan fingerprint density at radius 3 is 2.28 bits per heavy atom. The third-order valence-electron chi connectivity index (χ3n) is 2.41. The summed E-state index contributed by atoms with van der Waals surface area (Å²) in [4.78, 5) is 10.8. The molecule has 96 valence electrons. The van der Waals surface area contributed by atoms with Gasteiger partial charge in [0.05, 0.1) is 9.80 Å². The summed E-state index contributed by atoms with van der Waals surface area (Å²) in [5.41, 5.74) is 1.67. The number of carbonyl (C=O) groups excluding carboxylic acids is 1. The lowest BCUT2D eigenvalue weighted by Gasteiger charge is -2.08. The number of allylic oxidation sites excluding steroid dienone is 3. The molecule has 0 fully saturated rings. The van der Waals surface area contributed by atoms with Crippen molar-refractivity contribution >= 4 is 16.1 Å². The normalized spacial score (nSPS) is 12.2. The van der Waals surface area contributed by atoms with E-state index in [1.54, 1.807) is 31.2 Å². The summed E-state index contributed by atoms with van der Waals surface area (Å²) in [6.45, 7) is 7.28. The Balaban J connectivity index is 3.25. The van der Waals surface area contributed by atoms with Gasteiger partial charge in [-0.25, -0.2) is 8.42 Å². The summed E-state index contributed by atoms with van der Waals surface area (Å²) >= 11 is 0. The van der Waals surface area contributed by atoms with Gasteiger partial charge in [-0.05, 0) is 32.1 Å². The van der Waals surface area contributed by atoms with Crippen LogP contribution in [0.4, 0.5) is 0 Å². The molecule has 0 aliphatic heterocycles. The lowest BCUT2D eigenvalue weighted by molar-refractivity contribution is -0.104.